The van der Waals surface area contributed by atoms with Crippen molar-refractivity contribution in [1.82, 2.24) is 4.98 Å². The van der Waals surface area contributed by atoms with Crippen LogP contribution in [0, 0.1) is 0 Å². The third-order valence-electron chi connectivity index (χ3n) is 4.57. The number of halogens is 4. The summed E-state index contributed by atoms with van der Waals surface area (Å²) in [5.41, 5.74) is -0.888. The first-order chi connectivity index (χ1) is 12.7. The topological polar surface area (TPSA) is 68.6 Å². The number of pyridine rings is 1. The fourth-order valence-electron chi connectivity index (χ4n) is 2.97. The van der Waals surface area contributed by atoms with Crippen molar-refractivity contribution in [2.75, 3.05) is 29.9 Å². The third kappa shape index (κ3) is 4.91. The molecule has 27 heavy (non-hydrogen) atoms. The summed E-state index contributed by atoms with van der Waals surface area (Å²) in [6, 6.07) is 7.06. The van der Waals surface area contributed by atoms with Crippen LogP contribution in [0.3, 0.4) is 0 Å². The van der Waals surface area contributed by atoms with Crippen molar-refractivity contribution in [3.8, 4) is 0 Å². The lowest BCUT2D eigenvalue weighted by atomic mass is 9.92. The van der Waals surface area contributed by atoms with E-state index in [4.69, 9.17) is 0 Å². The molecule has 0 radical (unpaired) electrons. The maximum absolute atomic E-state index is 13.0. The van der Waals surface area contributed by atoms with Crippen LogP contribution in [0.1, 0.15) is 18.4 Å². The molecule has 3 N–H and O–H groups in total. The molecule has 5 nitrogen and oxygen atoms in total. The number of aliphatic hydroxyl groups excluding tert-OH is 1. The summed E-state index contributed by atoms with van der Waals surface area (Å²) in [7, 11) is 0. The summed E-state index contributed by atoms with van der Waals surface area (Å²) in [4.78, 5) is 6.27. The van der Waals surface area contributed by atoms with E-state index in [0.717, 1.165) is 12.1 Å². The Bertz CT molecular complexity index is 809. The van der Waals surface area contributed by atoms with E-state index in [1.807, 2.05) is 4.90 Å². The molecule has 0 atom stereocenters. The fourth-order valence-corrected chi connectivity index (χ4v) is 3.46. The average Bonchev–Trinajstić information content (AvgIpc) is 2.61. The molecule has 0 aliphatic carbocycles. The molecule has 1 aromatic carbocycles. The van der Waals surface area contributed by atoms with E-state index in [9.17, 15) is 23.4 Å². The maximum Gasteiger partial charge on any atom is 0.416 e. The van der Waals surface area contributed by atoms with Crippen LogP contribution in [-0.4, -0.2) is 40.5 Å². The van der Waals surface area contributed by atoms with Gasteiger partial charge in [0, 0.05) is 41.2 Å². The number of nitrogens with zero attached hydrogens (tertiary/aromatic N) is 2. The summed E-state index contributed by atoms with van der Waals surface area (Å²) in [6.45, 7) is 0.783. The molecule has 1 aliphatic rings. The molecule has 0 saturated carbocycles. The van der Waals surface area contributed by atoms with Gasteiger partial charge in [0.15, 0.2) is 0 Å². The Labute approximate surface area is 163 Å². The lowest BCUT2D eigenvalue weighted by Crippen LogP contribution is -2.46. The number of anilines is 3. The molecule has 1 aromatic heterocycles. The quantitative estimate of drug-likeness (QED) is 0.665. The molecule has 2 heterocycles. The summed E-state index contributed by atoms with van der Waals surface area (Å²) in [5.74, 6) is 0.658. The Kier molecular flexibility index (Phi) is 5.64. The molecule has 0 amide bonds. The number of aliphatic hydroxyl groups is 2. The SMILES string of the molecule is OCC1(O)CCN(c2cc(Nc3cc(Br)cc(C(F)(F)F)c3)ccn2)CC1. The minimum Gasteiger partial charge on any atom is -0.393 e. The first-order valence-corrected chi connectivity index (χ1v) is 9.17. The molecule has 1 aliphatic heterocycles. The minimum absolute atomic E-state index is 0.277. The number of aromatic nitrogens is 1. The van der Waals surface area contributed by atoms with Gasteiger partial charge in [0.1, 0.15) is 5.82 Å². The highest BCUT2D eigenvalue weighted by Gasteiger charge is 2.32. The number of piperidine rings is 1. The van der Waals surface area contributed by atoms with Gasteiger partial charge in [-0.25, -0.2) is 4.98 Å². The van der Waals surface area contributed by atoms with Crippen molar-refractivity contribution in [3.63, 3.8) is 0 Å². The molecule has 146 valence electrons. The van der Waals surface area contributed by atoms with Gasteiger partial charge in [-0.05, 0) is 37.1 Å². The fraction of sp³-hybridized carbons (Fsp3) is 0.389. The van der Waals surface area contributed by atoms with Gasteiger partial charge < -0.3 is 20.4 Å². The standard InChI is InChI=1S/C18H19BrF3N3O2/c19-13-7-12(18(20,21)22)8-15(9-13)24-14-1-4-23-16(10-14)25-5-2-17(27,11-26)3-6-25/h1,4,7-10,26-27H,2-3,5-6,11H2,(H,23,24). The number of hydrogen-bond acceptors (Lipinski definition) is 5. The van der Waals surface area contributed by atoms with Crippen molar-refractivity contribution in [3.05, 3.63) is 46.6 Å². The van der Waals surface area contributed by atoms with Crippen LogP contribution in [-0.2, 0) is 6.18 Å². The summed E-state index contributed by atoms with van der Waals surface area (Å²) < 4.78 is 39.3. The zero-order valence-electron chi connectivity index (χ0n) is 14.3. The van der Waals surface area contributed by atoms with Crippen molar-refractivity contribution < 1.29 is 23.4 Å². The largest absolute Gasteiger partial charge is 0.416 e. The smallest absolute Gasteiger partial charge is 0.393 e. The molecule has 9 heteroatoms. The lowest BCUT2D eigenvalue weighted by Gasteiger charge is -2.37. The van der Waals surface area contributed by atoms with Gasteiger partial charge in [0.2, 0.25) is 0 Å². The van der Waals surface area contributed by atoms with Crippen molar-refractivity contribution >= 4 is 33.1 Å². The molecule has 3 rings (SSSR count). The number of rotatable bonds is 4. The Hall–Kier alpha value is -1.84. The first-order valence-electron chi connectivity index (χ1n) is 8.38. The van der Waals surface area contributed by atoms with Crippen LogP contribution in [0.25, 0.3) is 0 Å². The second-order valence-corrected chi connectivity index (χ2v) is 7.54. The molecule has 1 saturated heterocycles. The van der Waals surface area contributed by atoms with Crippen LogP contribution in [0.5, 0.6) is 0 Å². The summed E-state index contributed by atoms with van der Waals surface area (Å²) in [5, 5.41) is 22.3. The van der Waals surface area contributed by atoms with E-state index in [1.54, 1.807) is 24.4 Å². The van der Waals surface area contributed by atoms with E-state index in [2.05, 4.69) is 26.2 Å². The highest BCUT2D eigenvalue weighted by atomic mass is 79.9. The van der Waals surface area contributed by atoms with E-state index >= 15 is 0 Å². The number of nitrogens with one attached hydrogen (secondary N) is 1. The van der Waals surface area contributed by atoms with Crippen LogP contribution in [0.15, 0.2) is 41.0 Å². The highest BCUT2D eigenvalue weighted by molar-refractivity contribution is 9.10. The molecular formula is C18H19BrF3N3O2. The predicted molar refractivity (Wildman–Crippen MR) is 100 cm³/mol. The molecule has 0 bridgehead atoms. The predicted octanol–water partition coefficient (Wildman–Crippen LogP) is 3.93. The van der Waals surface area contributed by atoms with Gasteiger partial charge in [-0.3, -0.25) is 0 Å². The average molecular weight is 446 g/mol. The van der Waals surface area contributed by atoms with Crippen LogP contribution in [0.2, 0.25) is 0 Å². The lowest BCUT2D eigenvalue weighted by molar-refractivity contribution is -0.137. The Morgan fingerprint density at radius 1 is 1.15 bits per heavy atom. The van der Waals surface area contributed by atoms with Crippen molar-refractivity contribution in [1.29, 1.82) is 0 Å². The van der Waals surface area contributed by atoms with Gasteiger partial charge in [-0.15, -0.1) is 0 Å². The number of hydrogen-bond donors (Lipinski definition) is 3. The Morgan fingerprint density at radius 2 is 1.85 bits per heavy atom. The maximum atomic E-state index is 13.0. The van der Waals surface area contributed by atoms with Gasteiger partial charge in [-0.1, -0.05) is 15.9 Å². The van der Waals surface area contributed by atoms with E-state index in [-0.39, 0.29) is 6.61 Å². The van der Waals surface area contributed by atoms with Gasteiger partial charge >= 0.3 is 6.18 Å². The first kappa shape index (κ1) is 19.9. The normalized spacial score (nSPS) is 17.0. The molecule has 0 spiro atoms. The molecule has 2 aromatic rings. The molecule has 1 fully saturated rings. The van der Waals surface area contributed by atoms with Gasteiger partial charge in [0.05, 0.1) is 17.8 Å². The van der Waals surface area contributed by atoms with Crippen LogP contribution in [0.4, 0.5) is 30.4 Å². The zero-order valence-corrected chi connectivity index (χ0v) is 15.9. The molecular weight excluding hydrogens is 427 g/mol. The Balaban J connectivity index is 1.76. The monoisotopic (exact) mass is 445 g/mol. The summed E-state index contributed by atoms with van der Waals surface area (Å²) in [6.07, 6.45) is -2.01. The third-order valence-corrected chi connectivity index (χ3v) is 5.03. The molecule has 0 unspecified atom stereocenters. The minimum atomic E-state index is -4.43. The zero-order chi connectivity index (χ0) is 19.7. The highest BCUT2D eigenvalue weighted by Crippen LogP contribution is 2.34. The van der Waals surface area contributed by atoms with Gasteiger partial charge in [-0.2, -0.15) is 13.2 Å². The van der Waals surface area contributed by atoms with E-state index in [1.165, 1.54) is 0 Å². The number of alkyl halides is 3. The van der Waals surface area contributed by atoms with Gasteiger partial charge in [0.25, 0.3) is 0 Å². The Morgan fingerprint density at radius 3 is 2.48 bits per heavy atom. The second-order valence-electron chi connectivity index (χ2n) is 6.62. The van der Waals surface area contributed by atoms with E-state index in [0.29, 0.717) is 47.6 Å². The van der Waals surface area contributed by atoms with Crippen molar-refractivity contribution in [2.45, 2.75) is 24.6 Å². The van der Waals surface area contributed by atoms with Crippen LogP contribution >= 0.6 is 15.9 Å². The second kappa shape index (κ2) is 7.65. The number of benzene rings is 1. The van der Waals surface area contributed by atoms with Crippen LogP contribution < -0.4 is 10.2 Å². The van der Waals surface area contributed by atoms with Crippen molar-refractivity contribution in [2.24, 2.45) is 0 Å². The summed E-state index contributed by atoms with van der Waals surface area (Å²) >= 11 is 3.11. The van der Waals surface area contributed by atoms with E-state index < -0.39 is 17.3 Å².